The number of rotatable bonds is 4. The minimum Gasteiger partial charge on any atom is -0.507 e. The molecule has 0 bridgehead atoms. The Morgan fingerprint density at radius 1 is 1.00 bits per heavy atom. The van der Waals surface area contributed by atoms with Crippen LogP contribution in [-0.2, 0) is 6.42 Å². The summed E-state index contributed by atoms with van der Waals surface area (Å²) in [5.41, 5.74) is 0.444. The third-order valence-electron chi connectivity index (χ3n) is 4.09. The Morgan fingerprint density at radius 2 is 1.65 bits per heavy atom. The average Bonchev–Trinajstić information content (AvgIpc) is 2.61. The van der Waals surface area contributed by atoms with Gasteiger partial charge in [0.25, 0.3) is 5.91 Å². The fraction of sp³-hybridized carbons (Fsp3) is 0.150. The van der Waals surface area contributed by atoms with Gasteiger partial charge in [-0.1, -0.05) is 54.6 Å². The van der Waals surface area contributed by atoms with E-state index in [-0.39, 0.29) is 17.7 Å². The molecule has 134 valence electrons. The summed E-state index contributed by atoms with van der Waals surface area (Å²) in [5.74, 6) is -1.04. The van der Waals surface area contributed by atoms with Crippen LogP contribution in [0, 0.1) is 0 Å². The maximum atomic E-state index is 13.3. The first-order valence-corrected chi connectivity index (χ1v) is 7.98. The molecule has 0 spiro atoms. The van der Waals surface area contributed by atoms with Gasteiger partial charge in [-0.3, -0.25) is 4.79 Å². The van der Waals surface area contributed by atoms with Crippen LogP contribution in [-0.4, -0.2) is 23.2 Å². The smallest absolute Gasteiger partial charge is 0.408 e. The molecule has 3 nitrogen and oxygen atoms in total. The molecule has 0 saturated carbocycles. The van der Waals surface area contributed by atoms with Crippen molar-refractivity contribution in [3.63, 3.8) is 0 Å². The van der Waals surface area contributed by atoms with E-state index in [9.17, 15) is 23.1 Å². The second-order valence-electron chi connectivity index (χ2n) is 5.97. The average molecular weight is 359 g/mol. The molecule has 0 aliphatic carbocycles. The van der Waals surface area contributed by atoms with Gasteiger partial charge in [-0.25, -0.2) is 0 Å². The molecule has 6 heteroatoms. The lowest BCUT2D eigenvalue weighted by molar-refractivity contribution is -0.153. The summed E-state index contributed by atoms with van der Waals surface area (Å²) in [4.78, 5) is 12.4. The molecule has 0 aliphatic heterocycles. The lowest BCUT2D eigenvalue weighted by Crippen LogP contribution is -2.46. The molecule has 1 amide bonds. The lowest BCUT2D eigenvalue weighted by atomic mass is 10.0. The predicted octanol–water partition coefficient (Wildman–Crippen LogP) is 4.45. The summed E-state index contributed by atoms with van der Waals surface area (Å²) in [7, 11) is 0. The van der Waals surface area contributed by atoms with E-state index < -0.39 is 18.1 Å². The van der Waals surface area contributed by atoms with Crippen LogP contribution in [0.1, 0.15) is 15.9 Å². The molecular formula is C20H16F3NO2. The summed E-state index contributed by atoms with van der Waals surface area (Å²) in [6.45, 7) is 0. The van der Waals surface area contributed by atoms with Gasteiger partial charge in [-0.2, -0.15) is 13.2 Å². The molecule has 26 heavy (non-hydrogen) atoms. The number of benzene rings is 3. The minimum atomic E-state index is -4.59. The Morgan fingerprint density at radius 3 is 2.35 bits per heavy atom. The van der Waals surface area contributed by atoms with Crippen LogP contribution in [0.15, 0.2) is 66.7 Å². The number of halogens is 3. The molecule has 0 saturated heterocycles. The van der Waals surface area contributed by atoms with E-state index in [2.05, 4.69) is 0 Å². The third kappa shape index (κ3) is 3.96. The van der Waals surface area contributed by atoms with E-state index in [1.165, 1.54) is 12.1 Å². The number of phenolic OH excluding ortho intramolecular Hbond substituents is 1. The number of carbonyl (C=O) groups is 1. The molecule has 1 atom stereocenters. The SMILES string of the molecule is O=C(NC(Cc1ccccc1)C(F)(F)F)c1cc(O)c2ccccc2c1. The van der Waals surface area contributed by atoms with Crippen molar-refractivity contribution in [2.24, 2.45) is 0 Å². The van der Waals surface area contributed by atoms with E-state index in [0.717, 1.165) is 0 Å². The summed E-state index contributed by atoms with van der Waals surface area (Å²) < 4.78 is 40.0. The second-order valence-corrected chi connectivity index (χ2v) is 5.97. The normalized spacial score (nSPS) is 12.7. The van der Waals surface area contributed by atoms with E-state index >= 15 is 0 Å². The molecule has 0 aromatic heterocycles. The highest BCUT2D eigenvalue weighted by Gasteiger charge is 2.40. The highest BCUT2D eigenvalue weighted by molar-refractivity contribution is 6.00. The molecule has 1 unspecified atom stereocenters. The van der Waals surface area contributed by atoms with Crippen LogP contribution < -0.4 is 5.32 Å². The van der Waals surface area contributed by atoms with Gasteiger partial charge in [0.15, 0.2) is 0 Å². The minimum absolute atomic E-state index is 0.0245. The number of hydrogen-bond acceptors (Lipinski definition) is 2. The quantitative estimate of drug-likeness (QED) is 0.723. The number of nitrogens with one attached hydrogen (secondary N) is 1. The summed E-state index contributed by atoms with van der Waals surface area (Å²) in [6, 6.07) is 15.6. The summed E-state index contributed by atoms with van der Waals surface area (Å²) in [6.07, 6.45) is -4.96. The van der Waals surface area contributed by atoms with Gasteiger partial charge in [0, 0.05) is 17.4 Å². The number of amides is 1. The number of alkyl halides is 3. The largest absolute Gasteiger partial charge is 0.507 e. The number of fused-ring (bicyclic) bond motifs is 1. The first-order chi connectivity index (χ1) is 12.3. The van der Waals surface area contributed by atoms with Crippen molar-refractivity contribution in [1.29, 1.82) is 0 Å². The zero-order chi connectivity index (χ0) is 18.7. The van der Waals surface area contributed by atoms with Crippen molar-refractivity contribution >= 4 is 16.7 Å². The van der Waals surface area contributed by atoms with Gasteiger partial charge >= 0.3 is 6.18 Å². The number of carbonyl (C=O) groups excluding carboxylic acids is 1. The molecule has 0 aliphatic rings. The van der Waals surface area contributed by atoms with Crippen molar-refractivity contribution in [1.82, 2.24) is 5.32 Å². The Balaban J connectivity index is 1.86. The standard InChI is InChI=1S/C20H16F3NO2/c21-20(22,23)18(10-13-6-2-1-3-7-13)24-19(26)15-11-14-8-4-5-9-16(14)17(25)12-15/h1-9,11-12,18,25H,10H2,(H,24,26). The highest BCUT2D eigenvalue weighted by Crippen LogP contribution is 2.27. The van der Waals surface area contributed by atoms with Crippen LogP contribution in [0.4, 0.5) is 13.2 Å². The summed E-state index contributed by atoms with van der Waals surface area (Å²) in [5, 5.41) is 13.2. The molecule has 3 aromatic carbocycles. The first-order valence-electron chi connectivity index (χ1n) is 7.98. The monoisotopic (exact) mass is 359 g/mol. The van der Waals surface area contributed by atoms with Gasteiger partial charge in [-0.05, 0) is 23.1 Å². The van der Waals surface area contributed by atoms with E-state index in [1.807, 2.05) is 5.32 Å². The van der Waals surface area contributed by atoms with Crippen molar-refractivity contribution < 1.29 is 23.1 Å². The van der Waals surface area contributed by atoms with Crippen molar-refractivity contribution in [3.05, 3.63) is 77.9 Å². The summed E-state index contributed by atoms with van der Waals surface area (Å²) >= 11 is 0. The van der Waals surface area contributed by atoms with Gasteiger partial charge in [-0.15, -0.1) is 0 Å². The predicted molar refractivity (Wildman–Crippen MR) is 93.1 cm³/mol. The maximum Gasteiger partial charge on any atom is 0.408 e. The van der Waals surface area contributed by atoms with Crippen LogP contribution in [0.5, 0.6) is 5.75 Å². The molecule has 3 aromatic rings. The number of aromatic hydroxyl groups is 1. The van der Waals surface area contributed by atoms with Gasteiger partial charge < -0.3 is 10.4 Å². The number of phenols is 1. The fourth-order valence-corrected chi connectivity index (χ4v) is 2.76. The molecule has 0 radical (unpaired) electrons. The first kappa shape index (κ1) is 17.8. The van der Waals surface area contributed by atoms with Gasteiger partial charge in [0.2, 0.25) is 0 Å². The van der Waals surface area contributed by atoms with E-state index in [1.54, 1.807) is 54.6 Å². The third-order valence-corrected chi connectivity index (χ3v) is 4.09. The zero-order valence-corrected chi connectivity index (χ0v) is 13.6. The van der Waals surface area contributed by atoms with Gasteiger partial charge in [0.1, 0.15) is 11.8 Å². The number of hydrogen-bond donors (Lipinski definition) is 2. The molecular weight excluding hydrogens is 343 g/mol. The lowest BCUT2D eigenvalue weighted by Gasteiger charge is -2.22. The Labute approximate surface area is 148 Å². The second kappa shape index (κ2) is 7.07. The van der Waals surface area contributed by atoms with Crippen molar-refractivity contribution in [3.8, 4) is 5.75 Å². The zero-order valence-electron chi connectivity index (χ0n) is 13.6. The van der Waals surface area contributed by atoms with E-state index in [0.29, 0.717) is 16.3 Å². The molecule has 3 rings (SSSR count). The van der Waals surface area contributed by atoms with Crippen LogP contribution in [0.3, 0.4) is 0 Å². The van der Waals surface area contributed by atoms with Crippen LogP contribution in [0.25, 0.3) is 10.8 Å². The Kier molecular flexibility index (Phi) is 4.84. The fourth-order valence-electron chi connectivity index (χ4n) is 2.76. The van der Waals surface area contributed by atoms with Crippen molar-refractivity contribution in [2.75, 3.05) is 0 Å². The van der Waals surface area contributed by atoms with Gasteiger partial charge in [0.05, 0.1) is 0 Å². The Bertz CT molecular complexity index is 923. The van der Waals surface area contributed by atoms with Crippen molar-refractivity contribution in [2.45, 2.75) is 18.6 Å². The Hall–Kier alpha value is -3.02. The topological polar surface area (TPSA) is 49.3 Å². The van der Waals surface area contributed by atoms with Crippen LogP contribution >= 0.6 is 0 Å². The molecule has 2 N–H and O–H groups in total. The van der Waals surface area contributed by atoms with E-state index in [4.69, 9.17) is 0 Å². The molecule has 0 heterocycles. The maximum absolute atomic E-state index is 13.3. The molecule has 0 fully saturated rings. The van der Waals surface area contributed by atoms with Crippen LogP contribution in [0.2, 0.25) is 0 Å². The highest BCUT2D eigenvalue weighted by atomic mass is 19.4.